The molecule has 22 heavy (non-hydrogen) atoms. The fourth-order valence-corrected chi connectivity index (χ4v) is 4.56. The quantitative estimate of drug-likeness (QED) is 0.927. The molecule has 3 fully saturated rings. The minimum absolute atomic E-state index is 0.189. The van der Waals surface area contributed by atoms with Crippen LogP contribution in [0.2, 0.25) is 0 Å². The predicted molar refractivity (Wildman–Crippen MR) is 87.6 cm³/mol. The van der Waals surface area contributed by atoms with E-state index in [0.29, 0.717) is 12.5 Å². The molecule has 4 rings (SSSR count). The van der Waals surface area contributed by atoms with Crippen LogP contribution in [0.15, 0.2) is 30.3 Å². The smallest absolute Gasteiger partial charge is 0.224 e. The summed E-state index contributed by atoms with van der Waals surface area (Å²) in [6, 6.07) is 12.8. The number of benzene rings is 1. The number of carbonyl (C=O) groups is 1. The Labute approximate surface area is 133 Å². The van der Waals surface area contributed by atoms with E-state index in [1.165, 1.54) is 32.1 Å². The molecule has 3 aliphatic rings. The zero-order valence-corrected chi connectivity index (χ0v) is 13.2. The third kappa shape index (κ3) is 3.05. The number of hydrogen-bond acceptors (Lipinski definition) is 2. The molecule has 0 radical (unpaired) electrons. The molecule has 2 heterocycles. The second-order valence-corrected chi connectivity index (χ2v) is 7.32. The largest absolute Gasteiger partial charge is 0.353 e. The van der Waals surface area contributed by atoms with Gasteiger partial charge in [-0.15, -0.1) is 0 Å². The lowest BCUT2D eigenvalue weighted by atomic mass is 9.81. The molecule has 2 bridgehead atoms. The number of nitrogens with one attached hydrogen (secondary N) is 1. The van der Waals surface area contributed by atoms with Crippen molar-refractivity contribution in [1.29, 1.82) is 0 Å². The van der Waals surface area contributed by atoms with E-state index in [4.69, 9.17) is 0 Å². The van der Waals surface area contributed by atoms with E-state index in [1.807, 2.05) is 30.3 Å². The van der Waals surface area contributed by atoms with Crippen LogP contribution in [-0.2, 0) is 11.2 Å². The maximum Gasteiger partial charge on any atom is 0.224 e. The van der Waals surface area contributed by atoms with Gasteiger partial charge in [0.25, 0.3) is 0 Å². The minimum atomic E-state index is 0.189. The molecule has 1 N–H and O–H groups in total. The second kappa shape index (κ2) is 6.04. The Morgan fingerprint density at radius 3 is 2.32 bits per heavy atom. The van der Waals surface area contributed by atoms with Crippen LogP contribution in [0.3, 0.4) is 0 Å². The number of nitrogens with zero attached hydrogens (tertiary/aromatic N) is 1. The molecule has 1 aromatic carbocycles. The molecule has 2 aliphatic heterocycles. The van der Waals surface area contributed by atoms with Gasteiger partial charge in [0.2, 0.25) is 5.91 Å². The topological polar surface area (TPSA) is 32.3 Å². The highest BCUT2D eigenvalue weighted by Crippen LogP contribution is 2.41. The monoisotopic (exact) mass is 298 g/mol. The summed E-state index contributed by atoms with van der Waals surface area (Å²) in [7, 11) is 0. The van der Waals surface area contributed by atoms with Crippen molar-refractivity contribution in [2.45, 2.75) is 75.5 Å². The minimum Gasteiger partial charge on any atom is -0.353 e. The molecule has 118 valence electrons. The van der Waals surface area contributed by atoms with E-state index in [-0.39, 0.29) is 5.91 Å². The first kappa shape index (κ1) is 14.3. The van der Waals surface area contributed by atoms with Gasteiger partial charge in [-0.3, -0.25) is 9.69 Å². The Bertz CT molecular complexity index is 511. The van der Waals surface area contributed by atoms with E-state index < -0.39 is 0 Å². The van der Waals surface area contributed by atoms with Crippen LogP contribution in [0.5, 0.6) is 0 Å². The molecule has 1 aromatic rings. The van der Waals surface area contributed by atoms with Crippen molar-refractivity contribution in [2.75, 3.05) is 0 Å². The molecule has 2 unspecified atom stereocenters. The van der Waals surface area contributed by atoms with Crippen LogP contribution >= 0.6 is 0 Å². The van der Waals surface area contributed by atoms with Crippen molar-refractivity contribution in [1.82, 2.24) is 10.2 Å². The molecule has 1 saturated carbocycles. The van der Waals surface area contributed by atoms with Crippen molar-refractivity contribution in [3.05, 3.63) is 35.9 Å². The number of hydrogen-bond donors (Lipinski definition) is 1. The first-order valence-corrected chi connectivity index (χ1v) is 8.90. The molecule has 0 aromatic heterocycles. The van der Waals surface area contributed by atoms with Crippen LogP contribution < -0.4 is 5.32 Å². The van der Waals surface area contributed by atoms with Crippen LogP contribution in [-0.4, -0.2) is 35.0 Å². The summed E-state index contributed by atoms with van der Waals surface area (Å²) in [6.07, 6.45) is 9.68. The van der Waals surface area contributed by atoms with E-state index in [9.17, 15) is 4.79 Å². The Morgan fingerprint density at radius 1 is 1.00 bits per heavy atom. The average Bonchev–Trinajstić information content (AvgIpc) is 3.31. The van der Waals surface area contributed by atoms with Gasteiger partial charge in [0, 0.05) is 24.2 Å². The normalized spacial score (nSPS) is 31.7. The highest BCUT2D eigenvalue weighted by molar-refractivity contribution is 5.78. The third-order valence-electron chi connectivity index (χ3n) is 5.57. The predicted octanol–water partition coefficient (Wildman–Crippen LogP) is 2.89. The van der Waals surface area contributed by atoms with E-state index in [2.05, 4.69) is 10.2 Å². The summed E-state index contributed by atoms with van der Waals surface area (Å²) in [5, 5.41) is 3.31. The number of amides is 1. The molecular weight excluding hydrogens is 272 g/mol. The molecule has 2 saturated heterocycles. The Hall–Kier alpha value is -1.35. The molecule has 2 atom stereocenters. The SMILES string of the molecule is O=C(Cc1ccccc1)NC1CC2CCCC(C1)N2C1CC1. The molecular formula is C19H26N2O. The first-order valence-electron chi connectivity index (χ1n) is 8.90. The van der Waals surface area contributed by atoms with Crippen molar-refractivity contribution in [3.63, 3.8) is 0 Å². The summed E-state index contributed by atoms with van der Waals surface area (Å²) in [4.78, 5) is 15.1. The summed E-state index contributed by atoms with van der Waals surface area (Å²) in [5.74, 6) is 0.189. The van der Waals surface area contributed by atoms with E-state index in [0.717, 1.165) is 36.5 Å². The average molecular weight is 298 g/mol. The number of fused-ring (bicyclic) bond motifs is 2. The van der Waals surface area contributed by atoms with Gasteiger partial charge in [-0.2, -0.15) is 0 Å². The fraction of sp³-hybridized carbons (Fsp3) is 0.632. The van der Waals surface area contributed by atoms with Gasteiger partial charge >= 0.3 is 0 Å². The zero-order valence-electron chi connectivity index (χ0n) is 13.2. The zero-order chi connectivity index (χ0) is 14.9. The molecule has 3 nitrogen and oxygen atoms in total. The van der Waals surface area contributed by atoms with E-state index in [1.54, 1.807) is 0 Å². The van der Waals surface area contributed by atoms with Crippen LogP contribution in [0.25, 0.3) is 0 Å². The lowest BCUT2D eigenvalue weighted by Gasteiger charge is -2.49. The Morgan fingerprint density at radius 2 is 1.68 bits per heavy atom. The van der Waals surface area contributed by atoms with Gasteiger partial charge in [0.05, 0.1) is 6.42 Å². The van der Waals surface area contributed by atoms with Crippen LogP contribution in [0.1, 0.15) is 50.5 Å². The molecule has 1 aliphatic carbocycles. The van der Waals surface area contributed by atoms with E-state index >= 15 is 0 Å². The lowest BCUT2D eigenvalue weighted by molar-refractivity contribution is -0.122. The molecule has 3 heteroatoms. The number of piperidine rings is 2. The van der Waals surface area contributed by atoms with Gasteiger partial charge in [-0.1, -0.05) is 36.8 Å². The summed E-state index contributed by atoms with van der Waals surface area (Å²) in [6.45, 7) is 0. The van der Waals surface area contributed by atoms with Gasteiger partial charge in [-0.25, -0.2) is 0 Å². The fourth-order valence-electron chi connectivity index (χ4n) is 4.56. The van der Waals surface area contributed by atoms with Gasteiger partial charge < -0.3 is 5.32 Å². The molecule has 0 spiro atoms. The van der Waals surface area contributed by atoms with Crippen molar-refractivity contribution in [2.24, 2.45) is 0 Å². The van der Waals surface area contributed by atoms with Gasteiger partial charge in [0.15, 0.2) is 0 Å². The number of carbonyl (C=O) groups excluding carboxylic acids is 1. The van der Waals surface area contributed by atoms with Crippen LogP contribution in [0, 0.1) is 0 Å². The maximum atomic E-state index is 12.3. The maximum absolute atomic E-state index is 12.3. The first-order chi connectivity index (χ1) is 10.8. The standard InChI is InChI=1S/C19H26N2O/c22-19(11-14-5-2-1-3-6-14)20-15-12-17-7-4-8-18(13-15)21(17)16-9-10-16/h1-3,5-6,15-18H,4,7-13H2,(H,20,22). The highest BCUT2D eigenvalue weighted by atomic mass is 16.1. The Balaban J connectivity index is 1.35. The summed E-state index contributed by atoms with van der Waals surface area (Å²) >= 11 is 0. The summed E-state index contributed by atoms with van der Waals surface area (Å²) in [5.41, 5.74) is 1.11. The van der Waals surface area contributed by atoms with Crippen LogP contribution in [0.4, 0.5) is 0 Å². The summed E-state index contributed by atoms with van der Waals surface area (Å²) < 4.78 is 0. The van der Waals surface area contributed by atoms with Crippen molar-refractivity contribution in [3.8, 4) is 0 Å². The van der Waals surface area contributed by atoms with Crippen molar-refractivity contribution < 1.29 is 4.79 Å². The van der Waals surface area contributed by atoms with Gasteiger partial charge in [-0.05, 0) is 44.1 Å². The lowest BCUT2D eigenvalue weighted by Crippen LogP contribution is -2.57. The molecule has 1 amide bonds. The van der Waals surface area contributed by atoms with Gasteiger partial charge in [0.1, 0.15) is 0 Å². The second-order valence-electron chi connectivity index (χ2n) is 7.32. The number of rotatable bonds is 4. The van der Waals surface area contributed by atoms with Crippen molar-refractivity contribution >= 4 is 5.91 Å². The third-order valence-corrected chi connectivity index (χ3v) is 5.57. The Kier molecular flexibility index (Phi) is 3.91. The highest BCUT2D eigenvalue weighted by Gasteiger charge is 2.44.